The maximum atomic E-state index is 12.0. The quantitative estimate of drug-likeness (QED) is 0.820. The normalized spacial score (nSPS) is 19.7. The lowest BCUT2D eigenvalue weighted by Gasteiger charge is -2.40. The van der Waals surface area contributed by atoms with Crippen molar-refractivity contribution in [3.63, 3.8) is 0 Å². The molecule has 19 heavy (non-hydrogen) atoms. The van der Waals surface area contributed by atoms with Crippen molar-refractivity contribution in [1.29, 1.82) is 0 Å². The summed E-state index contributed by atoms with van der Waals surface area (Å²) in [6.45, 7) is 8.69. The fourth-order valence-electron chi connectivity index (χ4n) is 3.27. The molecule has 1 fully saturated rings. The van der Waals surface area contributed by atoms with E-state index in [9.17, 15) is 4.79 Å². The van der Waals surface area contributed by atoms with E-state index in [1.165, 1.54) is 12.1 Å². The minimum Gasteiger partial charge on any atom is -0.302 e. The summed E-state index contributed by atoms with van der Waals surface area (Å²) in [7, 11) is 0. The van der Waals surface area contributed by atoms with Gasteiger partial charge in [-0.25, -0.2) is 4.68 Å². The first-order valence-corrected chi connectivity index (χ1v) is 7.44. The highest BCUT2D eigenvalue weighted by molar-refractivity contribution is 5.22. The second-order valence-corrected chi connectivity index (χ2v) is 6.47. The minimum atomic E-state index is 0.0861. The predicted molar refractivity (Wildman–Crippen MR) is 75.3 cm³/mol. The van der Waals surface area contributed by atoms with Gasteiger partial charge in [-0.15, -0.1) is 0 Å². The summed E-state index contributed by atoms with van der Waals surface area (Å²) in [5, 5.41) is 4.55. The lowest BCUT2D eigenvalue weighted by Crippen LogP contribution is -2.50. The van der Waals surface area contributed by atoms with Gasteiger partial charge in [0.05, 0.1) is 12.2 Å². The van der Waals surface area contributed by atoms with E-state index >= 15 is 0 Å². The van der Waals surface area contributed by atoms with Gasteiger partial charge in [0.15, 0.2) is 0 Å². The van der Waals surface area contributed by atoms with Crippen LogP contribution in [0.3, 0.4) is 0 Å². The Labute approximate surface area is 114 Å². The van der Waals surface area contributed by atoms with E-state index in [0.29, 0.717) is 5.92 Å². The average Bonchev–Trinajstić information content (AvgIpc) is 2.72. The summed E-state index contributed by atoms with van der Waals surface area (Å²) in [5.41, 5.74) is 2.41. The molecule has 104 valence electrons. The summed E-state index contributed by atoms with van der Waals surface area (Å²) in [6.07, 6.45) is 3.22. The molecule has 0 radical (unpaired) electrons. The molecule has 1 aromatic rings. The van der Waals surface area contributed by atoms with Crippen LogP contribution in [0.4, 0.5) is 0 Å². The third-order valence-electron chi connectivity index (χ3n) is 4.11. The number of hydrogen-bond acceptors (Lipinski definition) is 3. The molecule has 3 rings (SSSR count). The summed E-state index contributed by atoms with van der Waals surface area (Å²) in [5.74, 6) is 1.32. The van der Waals surface area contributed by atoms with E-state index in [-0.39, 0.29) is 5.56 Å². The molecule has 0 aromatic carbocycles. The van der Waals surface area contributed by atoms with Crippen LogP contribution in [0.2, 0.25) is 0 Å². The van der Waals surface area contributed by atoms with Crippen LogP contribution in [-0.4, -0.2) is 34.3 Å². The van der Waals surface area contributed by atoms with Gasteiger partial charge in [-0.2, -0.15) is 5.10 Å². The van der Waals surface area contributed by atoms with Gasteiger partial charge in [0, 0.05) is 31.6 Å². The lowest BCUT2D eigenvalue weighted by molar-refractivity contribution is 0.0723. The second-order valence-electron chi connectivity index (χ2n) is 6.47. The molecule has 2 aliphatic rings. The largest absolute Gasteiger partial charge is 0.302 e. The Morgan fingerprint density at radius 1 is 1.37 bits per heavy atom. The van der Waals surface area contributed by atoms with Crippen molar-refractivity contribution in [2.45, 2.75) is 39.7 Å². The molecule has 2 heterocycles. The maximum Gasteiger partial charge on any atom is 0.267 e. The van der Waals surface area contributed by atoms with Gasteiger partial charge in [-0.05, 0) is 30.7 Å². The van der Waals surface area contributed by atoms with Crippen molar-refractivity contribution in [3.8, 4) is 0 Å². The highest BCUT2D eigenvalue weighted by Crippen LogP contribution is 2.20. The summed E-state index contributed by atoms with van der Waals surface area (Å²) in [6, 6.07) is 1.81. The molecule has 0 N–H and O–H groups in total. The Balaban J connectivity index is 1.61. The van der Waals surface area contributed by atoms with E-state index in [1.807, 2.05) is 0 Å². The zero-order valence-electron chi connectivity index (χ0n) is 11.9. The predicted octanol–water partition coefficient (Wildman–Crippen LogP) is 1.32. The van der Waals surface area contributed by atoms with Gasteiger partial charge in [0.2, 0.25) is 0 Å². The van der Waals surface area contributed by atoms with E-state index in [1.54, 1.807) is 10.7 Å². The SMILES string of the molecule is CC(C)CN1CC(Cn2nc3c(cc2=O)CCC3)C1. The first kappa shape index (κ1) is 12.9. The van der Waals surface area contributed by atoms with Crippen LogP contribution in [0.15, 0.2) is 10.9 Å². The molecule has 1 saturated heterocycles. The zero-order valence-corrected chi connectivity index (χ0v) is 11.9. The Hall–Kier alpha value is -1.16. The summed E-state index contributed by atoms with van der Waals surface area (Å²) < 4.78 is 1.70. The average molecular weight is 261 g/mol. The van der Waals surface area contributed by atoms with Crippen molar-refractivity contribution in [2.24, 2.45) is 11.8 Å². The first-order valence-electron chi connectivity index (χ1n) is 7.44. The van der Waals surface area contributed by atoms with Crippen LogP contribution in [0, 0.1) is 11.8 Å². The number of aryl methyl sites for hydroxylation is 2. The highest BCUT2D eigenvalue weighted by atomic mass is 16.1. The lowest BCUT2D eigenvalue weighted by atomic mass is 9.98. The molecule has 1 aliphatic carbocycles. The van der Waals surface area contributed by atoms with Gasteiger partial charge in [0.1, 0.15) is 0 Å². The standard InChI is InChI=1S/C15H23N3O/c1-11(2)7-17-8-12(9-17)10-18-15(19)6-13-4-3-5-14(13)16-18/h6,11-12H,3-5,7-10H2,1-2H3. The van der Waals surface area contributed by atoms with Crippen molar-refractivity contribution in [1.82, 2.24) is 14.7 Å². The Kier molecular flexibility index (Phi) is 3.44. The molecule has 4 nitrogen and oxygen atoms in total. The third-order valence-corrected chi connectivity index (χ3v) is 4.11. The highest BCUT2D eigenvalue weighted by Gasteiger charge is 2.28. The summed E-state index contributed by atoms with van der Waals surface area (Å²) >= 11 is 0. The number of nitrogens with zero attached hydrogens (tertiary/aromatic N) is 3. The number of rotatable bonds is 4. The van der Waals surface area contributed by atoms with Crippen molar-refractivity contribution in [3.05, 3.63) is 27.7 Å². The third kappa shape index (κ3) is 2.73. The van der Waals surface area contributed by atoms with Crippen LogP contribution in [-0.2, 0) is 19.4 Å². The minimum absolute atomic E-state index is 0.0861. The molecule has 0 unspecified atom stereocenters. The van der Waals surface area contributed by atoms with Gasteiger partial charge in [-0.1, -0.05) is 13.8 Å². The monoisotopic (exact) mass is 261 g/mol. The van der Waals surface area contributed by atoms with Gasteiger partial charge < -0.3 is 4.90 Å². The molecule has 0 spiro atoms. The van der Waals surface area contributed by atoms with E-state index < -0.39 is 0 Å². The van der Waals surface area contributed by atoms with Gasteiger partial charge >= 0.3 is 0 Å². The number of likely N-dealkylation sites (tertiary alicyclic amines) is 1. The number of fused-ring (bicyclic) bond motifs is 1. The van der Waals surface area contributed by atoms with Crippen molar-refractivity contribution >= 4 is 0 Å². The molecular formula is C15H23N3O. The topological polar surface area (TPSA) is 38.1 Å². The van der Waals surface area contributed by atoms with Gasteiger partial charge in [-0.3, -0.25) is 4.79 Å². The zero-order chi connectivity index (χ0) is 13.4. The van der Waals surface area contributed by atoms with E-state index in [0.717, 1.165) is 50.5 Å². The van der Waals surface area contributed by atoms with E-state index in [2.05, 4.69) is 23.8 Å². The summed E-state index contributed by atoms with van der Waals surface area (Å²) in [4.78, 5) is 14.5. The molecule has 1 aliphatic heterocycles. The molecule has 1 aromatic heterocycles. The fraction of sp³-hybridized carbons (Fsp3) is 0.733. The van der Waals surface area contributed by atoms with Crippen molar-refractivity contribution in [2.75, 3.05) is 19.6 Å². The first-order chi connectivity index (χ1) is 9.11. The number of aromatic nitrogens is 2. The Morgan fingerprint density at radius 2 is 2.16 bits per heavy atom. The van der Waals surface area contributed by atoms with Gasteiger partial charge in [0.25, 0.3) is 5.56 Å². The second kappa shape index (κ2) is 5.08. The van der Waals surface area contributed by atoms with Crippen LogP contribution in [0.5, 0.6) is 0 Å². The van der Waals surface area contributed by atoms with Crippen LogP contribution in [0.1, 0.15) is 31.5 Å². The Morgan fingerprint density at radius 3 is 2.89 bits per heavy atom. The van der Waals surface area contributed by atoms with E-state index in [4.69, 9.17) is 0 Å². The molecule has 4 heteroatoms. The molecule has 0 amide bonds. The number of hydrogen-bond donors (Lipinski definition) is 0. The molecule has 0 bridgehead atoms. The molecule has 0 saturated carbocycles. The maximum absolute atomic E-state index is 12.0. The fourth-order valence-corrected chi connectivity index (χ4v) is 3.27. The van der Waals surface area contributed by atoms with Crippen LogP contribution >= 0.6 is 0 Å². The Bertz CT molecular complexity index is 515. The molecule has 0 atom stereocenters. The van der Waals surface area contributed by atoms with Crippen LogP contribution < -0.4 is 5.56 Å². The van der Waals surface area contributed by atoms with Crippen molar-refractivity contribution < 1.29 is 0 Å². The molecular weight excluding hydrogens is 238 g/mol. The van der Waals surface area contributed by atoms with Crippen LogP contribution in [0.25, 0.3) is 0 Å². The smallest absolute Gasteiger partial charge is 0.267 e.